The standard InChI is InChI=1S/C28H21ClF3N3O3/c1-17-21(26(35-38-17)19-7-3-2-4-8-19)16-37-27(36)20-13-11-18(12-14-20)24(15-25(33)28(30,31)32)34-23-10-6-5-9-22(23)29/h2-15H,16,33H2,1H3. The number of hydrogen-bond donors (Lipinski definition) is 1. The second-order valence-electron chi connectivity index (χ2n) is 8.13. The number of aryl methyl sites for hydroxylation is 1. The van der Waals surface area contributed by atoms with Crippen molar-refractivity contribution in [2.45, 2.75) is 19.7 Å². The maximum absolute atomic E-state index is 13.1. The van der Waals surface area contributed by atoms with Gasteiger partial charge in [0, 0.05) is 11.1 Å². The van der Waals surface area contributed by atoms with E-state index in [2.05, 4.69) is 10.1 Å². The van der Waals surface area contributed by atoms with Gasteiger partial charge in [0.05, 0.1) is 27.5 Å². The molecule has 0 atom stereocenters. The van der Waals surface area contributed by atoms with E-state index in [0.29, 0.717) is 17.0 Å². The number of halogens is 4. The van der Waals surface area contributed by atoms with Gasteiger partial charge in [0.25, 0.3) is 0 Å². The number of allylic oxidation sites excluding steroid dienone is 2. The van der Waals surface area contributed by atoms with Gasteiger partial charge in [0.2, 0.25) is 0 Å². The van der Waals surface area contributed by atoms with Crippen molar-refractivity contribution in [2.75, 3.05) is 0 Å². The molecule has 3 aromatic carbocycles. The van der Waals surface area contributed by atoms with Crippen molar-refractivity contribution >= 4 is 29.0 Å². The zero-order valence-electron chi connectivity index (χ0n) is 20.0. The average Bonchev–Trinajstić information content (AvgIpc) is 3.28. The summed E-state index contributed by atoms with van der Waals surface area (Å²) in [5.41, 5.74) is 6.59. The Balaban J connectivity index is 1.56. The third-order valence-electron chi connectivity index (χ3n) is 5.51. The Morgan fingerprint density at radius 1 is 1.03 bits per heavy atom. The second-order valence-corrected chi connectivity index (χ2v) is 8.54. The third-order valence-corrected chi connectivity index (χ3v) is 5.83. The van der Waals surface area contributed by atoms with E-state index in [9.17, 15) is 18.0 Å². The molecular formula is C28H21ClF3N3O3. The minimum absolute atomic E-state index is 0.0792. The largest absolute Gasteiger partial charge is 0.457 e. The number of hydrogen-bond acceptors (Lipinski definition) is 6. The Morgan fingerprint density at radius 2 is 1.66 bits per heavy atom. The molecule has 0 aliphatic carbocycles. The number of carbonyl (C=O) groups is 1. The monoisotopic (exact) mass is 539 g/mol. The van der Waals surface area contributed by atoms with Gasteiger partial charge in [-0.05, 0) is 37.3 Å². The van der Waals surface area contributed by atoms with E-state index >= 15 is 0 Å². The van der Waals surface area contributed by atoms with E-state index in [-0.39, 0.29) is 34.2 Å². The zero-order chi connectivity index (χ0) is 27.3. The molecule has 38 heavy (non-hydrogen) atoms. The van der Waals surface area contributed by atoms with E-state index in [0.717, 1.165) is 11.6 Å². The van der Waals surface area contributed by atoms with Crippen LogP contribution in [0.5, 0.6) is 0 Å². The highest BCUT2D eigenvalue weighted by molar-refractivity contribution is 6.33. The van der Waals surface area contributed by atoms with E-state index in [4.69, 9.17) is 26.6 Å². The molecule has 0 aliphatic rings. The molecule has 0 bridgehead atoms. The highest BCUT2D eigenvalue weighted by Crippen LogP contribution is 2.28. The number of para-hydroxylation sites is 1. The number of ether oxygens (including phenoxy) is 1. The van der Waals surface area contributed by atoms with Crippen LogP contribution in [0.15, 0.2) is 100 Å². The molecule has 0 fully saturated rings. The van der Waals surface area contributed by atoms with Gasteiger partial charge >= 0.3 is 12.1 Å². The quantitative estimate of drug-likeness (QED) is 0.198. The van der Waals surface area contributed by atoms with Gasteiger partial charge < -0.3 is 15.0 Å². The fourth-order valence-corrected chi connectivity index (χ4v) is 3.64. The number of carbonyl (C=O) groups excluding carboxylic acids is 1. The molecule has 6 nitrogen and oxygen atoms in total. The van der Waals surface area contributed by atoms with Gasteiger partial charge in [-0.2, -0.15) is 13.2 Å². The first-order valence-electron chi connectivity index (χ1n) is 11.3. The van der Waals surface area contributed by atoms with Crippen molar-refractivity contribution in [3.63, 3.8) is 0 Å². The fraction of sp³-hybridized carbons (Fsp3) is 0.107. The van der Waals surface area contributed by atoms with Crippen molar-refractivity contribution in [3.05, 3.63) is 118 Å². The molecule has 4 aromatic rings. The SMILES string of the molecule is Cc1onc(-c2ccccc2)c1COC(=O)c1ccc(C(C=C(N)C(F)(F)F)=Nc2ccccc2Cl)cc1. The number of alkyl halides is 3. The summed E-state index contributed by atoms with van der Waals surface area (Å²) in [6.45, 7) is 1.64. The van der Waals surface area contributed by atoms with Crippen molar-refractivity contribution < 1.29 is 27.2 Å². The number of aromatic nitrogens is 1. The van der Waals surface area contributed by atoms with Crippen LogP contribution in [-0.2, 0) is 11.3 Å². The number of nitrogens with two attached hydrogens (primary N) is 1. The minimum atomic E-state index is -4.75. The van der Waals surface area contributed by atoms with Crippen LogP contribution in [0, 0.1) is 6.92 Å². The lowest BCUT2D eigenvalue weighted by atomic mass is 10.1. The van der Waals surface area contributed by atoms with Crippen molar-refractivity contribution in [3.8, 4) is 11.3 Å². The Morgan fingerprint density at radius 3 is 2.32 bits per heavy atom. The average molecular weight is 540 g/mol. The molecule has 194 valence electrons. The van der Waals surface area contributed by atoms with E-state index < -0.39 is 17.8 Å². The number of aliphatic imine (C=N–C) groups is 1. The van der Waals surface area contributed by atoms with Gasteiger partial charge in [-0.1, -0.05) is 71.4 Å². The van der Waals surface area contributed by atoms with Crippen LogP contribution >= 0.6 is 11.6 Å². The number of esters is 1. The predicted molar refractivity (Wildman–Crippen MR) is 138 cm³/mol. The molecule has 0 saturated heterocycles. The summed E-state index contributed by atoms with van der Waals surface area (Å²) in [5, 5.41) is 4.32. The number of nitrogens with zero attached hydrogens (tertiary/aromatic N) is 2. The molecule has 0 aliphatic heterocycles. The summed E-state index contributed by atoms with van der Waals surface area (Å²) in [5.74, 6) is -0.118. The van der Waals surface area contributed by atoms with Crippen molar-refractivity contribution in [1.29, 1.82) is 0 Å². The van der Waals surface area contributed by atoms with Crippen molar-refractivity contribution in [2.24, 2.45) is 10.7 Å². The summed E-state index contributed by atoms with van der Waals surface area (Å²) in [6, 6.07) is 21.5. The van der Waals surface area contributed by atoms with E-state index in [1.165, 1.54) is 24.3 Å². The van der Waals surface area contributed by atoms with Gasteiger partial charge in [0.1, 0.15) is 23.8 Å². The molecule has 0 amide bonds. The molecule has 1 aromatic heterocycles. The minimum Gasteiger partial charge on any atom is -0.457 e. The molecular weight excluding hydrogens is 519 g/mol. The molecule has 0 spiro atoms. The summed E-state index contributed by atoms with van der Waals surface area (Å²) < 4.78 is 50.2. The molecule has 1 heterocycles. The Labute approximate surface area is 221 Å². The Kier molecular flexibility index (Phi) is 7.97. The van der Waals surface area contributed by atoms with Crippen LogP contribution in [0.3, 0.4) is 0 Å². The van der Waals surface area contributed by atoms with E-state index in [1.807, 2.05) is 30.3 Å². The lowest BCUT2D eigenvalue weighted by molar-refractivity contribution is -0.0925. The zero-order valence-corrected chi connectivity index (χ0v) is 20.8. The second kappa shape index (κ2) is 11.4. The lowest BCUT2D eigenvalue weighted by Gasteiger charge is -2.10. The molecule has 0 radical (unpaired) electrons. The molecule has 2 N–H and O–H groups in total. The Bertz CT molecular complexity index is 1500. The van der Waals surface area contributed by atoms with Gasteiger partial charge in [-0.25, -0.2) is 9.79 Å². The highest BCUT2D eigenvalue weighted by Gasteiger charge is 2.31. The summed E-state index contributed by atoms with van der Waals surface area (Å²) in [6.07, 6.45) is -4.03. The summed E-state index contributed by atoms with van der Waals surface area (Å²) >= 11 is 6.13. The summed E-state index contributed by atoms with van der Waals surface area (Å²) in [7, 11) is 0. The summed E-state index contributed by atoms with van der Waals surface area (Å²) in [4.78, 5) is 17.0. The first-order chi connectivity index (χ1) is 18.1. The molecule has 0 saturated carbocycles. The number of benzene rings is 3. The third kappa shape index (κ3) is 6.30. The predicted octanol–water partition coefficient (Wildman–Crippen LogP) is 7.19. The lowest BCUT2D eigenvalue weighted by Crippen LogP contribution is -2.21. The Hall–Kier alpha value is -4.37. The van der Waals surface area contributed by atoms with Gasteiger partial charge in [-0.3, -0.25) is 0 Å². The highest BCUT2D eigenvalue weighted by atomic mass is 35.5. The molecule has 10 heteroatoms. The maximum Gasteiger partial charge on any atom is 0.430 e. The topological polar surface area (TPSA) is 90.7 Å². The first-order valence-corrected chi connectivity index (χ1v) is 11.7. The van der Waals surface area contributed by atoms with Crippen LogP contribution in [0.2, 0.25) is 5.02 Å². The molecule has 0 unspecified atom stereocenters. The van der Waals surface area contributed by atoms with E-state index in [1.54, 1.807) is 31.2 Å². The van der Waals surface area contributed by atoms with Crippen LogP contribution in [0.25, 0.3) is 11.3 Å². The smallest absolute Gasteiger partial charge is 0.430 e. The maximum atomic E-state index is 13.1. The van der Waals surface area contributed by atoms with Gasteiger partial charge in [0.15, 0.2) is 0 Å². The van der Waals surface area contributed by atoms with Crippen LogP contribution in [0.4, 0.5) is 18.9 Å². The van der Waals surface area contributed by atoms with Crippen LogP contribution in [-0.4, -0.2) is 23.0 Å². The first kappa shape index (κ1) is 26.7. The van der Waals surface area contributed by atoms with Crippen LogP contribution < -0.4 is 5.73 Å². The fourth-order valence-electron chi connectivity index (χ4n) is 3.46. The normalized spacial score (nSPS) is 12.4. The number of rotatable bonds is 7. The van der Waals surface area contributed by atoms with Crippen molar-refractivity contribution in [1.82, 2.24) is 5.16 Å². The molecule has 4 rings (SSSR count). The van der Waals surface area contributed by atoms with Crippen LogP contribution in [0.1, 0.15) is 27.2 Å². The van der Waals surface area contributed by atoms with Gasteiger partial charge in [-0.15, -0.1) is 0 Å².